The third kappa shape index (κ3) is 3.23. The molecule has 1 heterocycles. The number of aliphatic imine (C=N–C) groups is 1. The van der Waals surface area contributed by atoms with Crippen LogP contribution in [0.1, 0.15) is 12.5 Å². The van der Waals surface area contributed by atoms with Crippen molar-refractivity contribution in [3.63, 3.8) is 0 Å². The van der Waals surface area contributed by atoms with Crippen LogP contribution in [0.3, 0.4) is 0 Å². The summed E-state index contributed by atoms with van der Waals surface area (Å²) in [6, 6.07) is 15.0. The lowest BCUT2D eigenvalue weighted by atomic mass is 10.1. The van der Waals surface area contributed by atoms with Crippen LogP contribution in [0.4, 0.5) is 5.69 Å². The fourth-order valence-electron chi connectivity index (χ4n) is 2.17. The van der Waals surface area contributed by atoms with Gasteiger partial charge in [-0.1, -0.05) is 30.3 Å². The van der Waals surface area contributed by atoms with Crippen LogP contribution in [-0.2, 0) is 4.79 Å². The highest BCUT2D eigenvalue weighted by molar-refractivity contribution is 5.89. The summed E-state index contributed by atoms with van der Waals surface area (Å²) in [5, 5.41) is 0. The van der Waals surface area contributed by atoms with Crippen LogP contribution in [0.2, 0.25) is 0 Å². The van der Waals surface area contributed by atoms with Crippen LogP contribution < -0.4 is 9.47 Å². The van der Waals surface area contributed by atoms with E-state index in [1.54, 1.807) is 24.4 Å². The van der Waals surface area contributed by atoms with E-state index in [0.717, 1.165) is 16.9 Å². The maximum Gasteiger partial charge on any atom is 0.308 e. The predicted molar refractivity (Wildman–Crippen MR) is 85.8 cm³/mol. The summed E-state index contributed by atoms with van der Waals surface area (Å²) in [5.74, 6) is 0.959. The molecule has 110 valence electrons. The van der Waals surface area contributed by atoms with Gasteiger partial charge in [0.25, 0.3) is 0 Å². The van der Waals surface area contributed by atoms with E-state index in [1.165, 1.54) is 6.92 Å². The Balaban J connectivity index is 1.84. The molecule has 0 spiro atoms. The second-order valence-electron chi connectivity index (χ2n) is 4.87. The fourth-order valence-corrected chi connectivity index (χ4v) is 2.17. The first-order chi connectivity index (χ1) is 10.7. The lowest BCUT2D eigenvalue weighted by molar-refractivity contribution is -0.131. The summed E-state index contributed by atoms with van der Waals surface area (Å²) in [4.78, 5) is 15.5. The zero-order valence-electron chi connectivity index (χ0n) is 12.2. The molecule has 0 bridgehead atoms. The van der Waals surface area contributed by atoms with Gasteiger partial charge in [-0.25, -0.2) is 0 Å². The van der Waals surface area contributed by atoms with Crippen LogP contribution >= 0.6 is 0 Å². The fraction of sp³-hybridized carbons (Fsp3) is 0.111. The van der Waals surface area contributed by atoms with Crippen molar-refractivity contribution in [2.24, 2.45) is 4.99 Å². The number of fused-ring (bicyclic) bond motifs is 1. The second-order valence-corrected chi connectivity index (χ2v) is 4.87. The van der Waals surface area contributed by atoms with Crippen LogP contribution in [0.15, 0.2) is 59.1 Å². The summed E-state index contributed by atoms with van der Waals surface area (Å²) < 4.78 is 10.8. The van der Waals surface area contributed by atoms with Gasteiger partial charge >= 0.3 is 5.97 Å². The summed E-state index contributed by atoms with van der Waals surface area (Å²) in [7, 11) is 0. The van der Waals surface area contributed by atoms with Gasteiger partial charge < -0.3 is 9.47 Å². The van der Waals surface area contributed by atoms with Gasteiger partial charge in [-0.3, -0.25) is 9.79 Å². The largest absolute Gasteiger partial charge is 0.488 e. The summed E-state index contributed by atoms with van der Waals surface area (Å²) >= 11 is 0. The molecule has 4 heteroatoms. The Bertz CT molecular complexity index is 762. The maximum absolute atomic E-state index is 11.1. The molecule has 0 aromatic heterocycles. The van der Waals surface area contributed by atoms with Gasteiger partial charge in [0, 0.05) is 24.3 Å². The number of carbonyl (C=O) groups excluding carboxylic acids is 1. The molecule has 1 aliphatic heterocycles. The van der Waals surface area contributed by atoms with E-state index in [9.17, 15) is 4.79 Å². The number of esters is 1. The van der Waals surface area contributed by atoms with E-state index in [1.807, 2.05) is 36.4 Å². The van der Waals surface area contributed by atoms with Crippen molar-refractivity contribution in [1.82, 2.24) is 0 Å². The summed E-state index contributed by atoms with van der Waals surface area (Å²) in [6.45, 7) is 1.84. The lowest BCUT2D eigenvalue weighted by Gasteiger charge is -2.15. The van der Waals surface area contributed by atoms with Gasteiger partial charge in [-0.15, -0.1) is 0 Å². The molecule has 1 aliphatic rings. The lowest BCUT2D eigenvalue weighted by Crippen LogP contribution is -2.07. The van der Waals surface area contributed by atoms with E-state index >= 15 is 0 Å². The molecule has 22 heavy (non-hydrogen) atoms. The van der Waals surface area contributed by atoms with Crippen molar-refractivity contribution in [3.8, 4) is 11.5 Å². The zero-order valence-corrected chi connectivity index (χ0v) is 12.2. The van der Waals surface area contributed by atoms with Gasteiger partial charge in [0.1, 0.15) is 18.0 Å². The van der Waals surface area contributed by atoms with Crippen LogP contribution in [-0.4, -0.2) is 18.8 Å². The first kappa shape index (κ1) is 14.1. The van der Waals surface area contributed by atoms with E-state index in [2.05, 4.69) is 4.99 Å². The quantitative estimate of drug-likeness (QED) is 0.491. The van der Waals surface area contributed by atoms with Crippen molar-refractivity contribution in [1.29, 1.82) is 0 Å². The van der Waals surface area contributed by atoms with Crippen molar-refractivity contribution in [3.05, 3.63) is 59.7 Å². The summed E-state index contributed by atoms with van der Waals surface area (Å²) in [6.07, 6.45) is 3.77. The van der Waals surface area contributed by atoms with Crippen molar-refractivity contribution >= 4 is 23.9 Å². The highest BCUT2D eigenvalue weighted by atomic mass is 16.5. The molecule has 0 aliphatic carbocycles. The molecule has 2 aromatic rings. The van der Waals surface area contributed by atoms with Gasteiger partial charge in [0.2, 0.25) is 0 Å². The Kier molecular flexibility index (Phi) is 4.01. The smallest absolute Gasteiger partial charge is 0.308 e. The number of hydrogen-bond acceptors (Lipinski definition) is 4. The van der Waals surface area contributed by atoms with E-state index in [-0.39, 0.29) is 5.97 Å². The van der Waals surface area contributed by atoms with Crippen molar-refractivity contribution in [2.75, 3.05) is 6.61 Å². The Labute approximate surface area is 128 Å². The maximum atomic E-state index is 11.1. The highest BCUT2D eigenvalue weighted by Gasteiger charge is 2.09. The highest BCUT2D eigenvalue weighted by Crippen LogP contribution is 2.28. The SMILES string of the molecule is CC(=O)Oc1ccccc1N=CC1=Cc2ccccc2OC1. The second kappa shape index (κ2) is 6.26. The first-order valence-electron chi connectivity index (χ1n) is 6.96. The predicted octanol–water partition coefficient (Wildman–Crippen LogP) is 3.79. The monoisotopic (exact) mass is 293 g/mol. The molecule has 0 saturated carbocycles. The minimum Gasteiger partial charge on any atom is -0.488 e. The van der Waals surface area contributed by atoms with Gasteiger partial charge in [-0.05, 0) is 24.3 Å². The molecule has 0 amide bonds. The molecule has 3 rings (SSSR count). The molecular formula is C18H15NO3. The number of ether oxygens (including phenoxy) is 2. The summed E-state index contributed by atoms with van der Waals surface area (Å²) in [5.41, 5.74) is 2.59. The molecule has 0 unspecified atom stereocenters. The van der Waals surface area contributed by atoms with Crippen molar-refractivity contribution in [2.45, 2.75) is 6.92 Å². The first-order valence-corrected chi connectivity index (χ1v) is 6.96. The Hall–Kier alpha value is -2.88. The molecule has 0 radical (unpaired) electrons. The minimum absolute atomic E-state index is 0.364. The van der Waals surface area contributed by atoms with Gasteiger partial charge in [-0.2, -0.15) is 0 Å². The Morgan fingerprint density at radius 3 is 2.82 bits per heavy atom. The van der Waals surface area contributed by atoms with Crippen LogP contribution in [0, 0.1) is 0 Å². The molecule has 0 atom stereocenters. The van der Waals surface area contributed by atoms with E-state index < -0.39 is 0 Å². The third-order valence-corrected chi connectivity index (χ3v) is 3.14. The van der Waals surface area contributed by atoms with Crippen molar-refractivity contribution < 1.29 is 14.3 Å². The van der Waals surface area contributed by atoms with Crippen LogP contribution in [0.5, 0.6) is 11.5 Å². The van der Waals surface area contributed by atoms with E-state index in [0.29, 0.717) is 18.0 Å². The molecule has 0 fully saturated rings. The Morgan fingerprint density at radius 2 is 1.95 bits per heavy atom. The number of para-hydroxylation sites is 3. The normalized spacial score (nSPS) is 13.2. The molecule has 2 aromatic carbocycles. The molecule has 0 N–H and O–H groups in total. The van der Waals surface area contributed by atoms with Gasteiger partial charge in [0.05, 0.1) is 0 Å². The Morgan fingerprint density at radius 1 is 1.18 bits per heavy atom. The topological polar surface area (TPSA) is 47.9 Å². The molecule has 4 nitrogen and oxygen atoms in total. The number of hydrogen-bond donors (Lipinski definition) is 0. The third-order valence-electron chi connectivity index (χ3n) is 3.14. The number of nitrogens with zero attached hydrogens (tertiary/aromatic N) is 1. The minimum atomic E-state index is -0.364. The zero-order chi connectivity index (χ0) is 15.4. The molecular weight excluding hydrogens is 278 g/mol. The van der Waals surface area contributed by atoms with E-state index in [4.69, 9.17) is 9.47 Å². The van der Waals surface area contributed by atoms with Gasteiger partial charge in [0.15, 0.2) is 5.75 Å². The number of benzene rings is 2. The van der Waals surface area contributed by atoms with Crippen LogP contribution in [0.25, 0.3) is 6.08 Å². The average Bonchev–Trinajstić information content (AvgIpc) is 2.53. The molecule has 0 saturated heterocycles. The standard InChI is InChI=1S/C18H15NO3/c1-13(20)22-18-9-5-3-7-16(18)19-11-14-10-15-6-2-4-8-17(15)21-12-14/h2-11H,12H2,1H3. The number of rotatable bonds is 3. The average molecular weight is 293 g/mol. The number of carbonyl (C=O) groups is 1.